The third kappa shape index (κ3) is 3.48. The number of sulfone groups is 1. The number of aromatic nitrogens is 4. The molecule has 0 amide bonds. The van der Waals surface area contributed by atoms with Crippen molar-refractivity contribution >= 4 is 38.2 Å². The lowest BCUT2D eigenvalue weighted by Gasteiger charge is -2.22. The molecule has 9 heteroatoms. The van der Waals surface area contributed by atoms with Crippen LogP contribution in [0.5, 0.6) is 0 Å². The van der Waals surface area contributed by atoms with Gasteiger partial charge in [0.25, 0.3) is 0 Å². The molecule has 8 nitrogen and oxygen atoms in total. The normalized spacial score (nSPS) is 11.7. The van der Waals surface area contributed by atoms with E-state index in [1.807, 2.05) is 48.1 Å². The molecule has 4 rings (SSSR count). The number of hydrogen-bond acceptors (Lipinski definition) is 7. The highest BCUT2D eigenvalue weighted by molar-refractivity contribution is 7.91. The van der Waals surface area contributed by atoms with Gasteiger partial charge in [-0.1, -0.05) is 19.1 Å². The molecule has 0 fully saturated rings. The minimum atomic E-state index is -3.26. The molecule has 0 aliphatic carbocycles. The molecule has 30 heavy (non-hydrogen) atoms. The highest BCUT2D eigenvalue weighted by atomic mass is 32.2. The van der Waals surface area contributed by atoms with Gasteiger partial charge in [0.15, 0.2) is 9.84 Å². The molecular weight excluding hydrogens is 400 g/mol. The van der Waals surface area contributed by atoms with Gasteiger partial charge in [-0.2, -0.15) is 10.1 Å². The second-order valence-electron chi connectivity index (χ2n) is 6.96. The fraction of sp³-hybridized carbons (Fsp3) is 0.190. The van der Waals surface area contributed by atoms with Gasteiger partial charge in [-0.15, -0.1) is 0 Å². The molecule has 0 radical (unpaired) electrons. The van der Waals surface area contributed by atoms with Crippen molar-refractivity contribution in [3.63, 3.8) is 0 Å². The van der Waals surface area contributed by atoms with Crippen LogP contribution in [0.2, 0.25) is 0 Å². The van der Waals surface area contributed by atoms with Gasteiger partial charge in [-0.05, 0) is 35.9 Å². The molecule has 154 valence electrons. The number of fused-ring (bicyclic) bond motifs is 1. The van der Waals surface area contributed by atoms with Crippen molar-refractivity contribution in [2.45, 2.75) is 11.8 Å². The average molecular weight is 423 g/mol. The SMILES string of the molecule is CCS(=O)(=O)c1ccc(-c2cnc(N)nc2N(C)c2ccc3cnn(C)c3c2)cc1. The number of nitrogens with two attached hydrogens (primary N) is 1. The number of nitrogen functional groups attached to an aromatic ring is 1. The van der Waals surface area contributed by atoms with E-state index in [-0.39, 0.29) is 11.7 Å². The van der Waals surface area contributed by atoms with Crippen LogP contribution in [0.15, 0.2) is 59.8 Å². The van der Waals surface area contributed by atoms with E-state index in [1.54, 1.807) is 37.4 Å². The smallest absolute Gasteiger partial charge is 0.221 e. The molecule has 0 atom stereocenters. The van der Waals surface area contributed by atoms with Crippen molar-refractivity contribution < 1.29 is 8.42 Å². The molecule has 0 spiro atoms. The minimum Gasteiger partial charge on any atom is -0.368 e. The lowest BCUT2D eigenvalue weighted by molar-refractivity contribution is 0.597. The standard InChI is InChI=1S/C21H22N6O2S/c1-4-30(28,29)17-9-6-14(7-10-17)18-13-23-21(22)25-20(18)26(2)16-8-5-15-12-24-27(3)19(15)11-16/h5-13H,4H2,1-3H3,(H2,22,23,25). The van der Waals surface area contributed by atoms with Gasteiger partial charge < -0.3 is 10.6 Å². The molecule has 2 heterocycles. The second-order valence-corrected chi connectivity index (χ2v) is 9.24. The summed E-state index contributed by atoms with van der Waals surface area (Å²) in [4.78, 5) is 10.8. The summed E-state index contributed by atoms with van der Waals surface area (Å²) >= 11 is 0. The maximum absolute atomic E-state index is 12.1. The van der Waals surface area contributed by atoms with Gasteiger partial charge in [0.2, 0.25) is 5.95 Å². The number of anilines is 3. The Hall–Kier alpha value is -3.46. The zero-order valence-corrected chi connectivity index (χ0v) is 17.8. The summed E-state index contributed by atoms with van der Waals surface area (Å²) in [6, 6.07) is 12.8. The second kappa shape index (κ2) is 7.42. The van der Waals surface area contributed by atoms with Gasteiger partial charge in [-0.25, -0.2) is 13.4 Å². The lowest BCUT2D eigenvalue weighted by Crippen LogP contribution is -2.14. The zero-order chi connectivity index (χ0) is 21.5. The van der Waals surface area contributed by atoms with E-state index in [1.165, 1.54) is 0 Å². The van der Waals surface area contributed by atoms with Gasteiger partial charge in [0, 0.05) is 36.9 Å². The van der Waals surface area contributed by atoms with Crippen molar-refractivity contribution in [1.82, 2.24) is 19.7 Å². The van der Waals surface area contributed by atoms with Crippen LogP contribution in [0.25, 0.3) is 22.0 Å². The van der Waals surface area contributed by atoms with E-state index in [0.717, 1.165) is 27.7 Å². The van der Waals surface area contributed by atoms with Crippen molar-refractivity contribution in [3.05, 3.63) is 54.9 Å². The Bertz CT molecular complexity index is 1330. The number of nitrogens with zero attached hydrogens (tertiary/aromatic N) is 5. The molecule has 0 aliphatic heterocycles. The first-order valence-corrected chi connectivity index (χ1v) is 11.1. The summed E-state index contributed by atoms with van der Waals surface area (Å²) in [7, 11) is 0.534. The van der Waals surface area contributed by atoms with Crippen LogP contribution < -0.4 is 10.6 Å². The molecule has 2 aromatic heterocycles. The van der Waals surface area contributed by atoms with Crippen LogP contribution in [0.1, 0.15) is 6.92 Å². The number of hydrogen-bond donors (Lipinski definition) is 1. The number of rotatable bonds is 5. The first-order valence-electron chi connectivity index (χ1n) is 9.41. The van der Waals surface area contributed by atoms with E-state index in [2.05, 4.69) is 15.1 Å². The van der Waals surface area contributed by atoms with Gasteiger partial charge >= 0.3 is 0 Å². The van der Waals surface area contributed by atoms with Crippen LogP contribution in [-0.2, 0) is 16.9 Å². The molecule has 0 unspecified atom stereocenters. The number of benzene rings is 2. The summed E-state index contributed by atoms with van der Waals surface area (Å²) in [6.45, 7) is 1.63. The highest BCUT2D eigenvalue weighted by Crippen LogP contribution is 2.34. The summed E-state index contributed by atoms with van der Waals surface area (Å²) < 4.78 is 26.0. The van der Waals surface area contributed by atoms with Crippen LogP contribution in [0, 0.1) is 0 Å². The Balaban J connectivity index is 1.79. The quantitative estimate of drug-likeness (QED) is 0.526. The molecule has 2 N–H and O–H groups in total. The first kappa shape index (κ1) is 19.8. The van der Waals surface area contributed by atoms with E-state index in [9.17, 15) is 8.42 Å². The van der Waals surface area contributed by atoms with Crippen molar-refractivity contribution in [2.75, 3.05) is 23.4 Å². The van der Waals surface area contributed by atoms with E-state index < -0.39 is 9.84 Å². The third-order valence-corrected chi connectivity index (χ3v) is 6.88. The molecule has 0 saturated heterocycles. The van der Waals surface area contributed by atoms with Crippen LogP contribution in [-0.4, -0.2) is 41.0 Å². The van der Waals surface area contributed by atoms with E-state index in [4.69, 9.17) is 5.73 Å². The molecule has 4 aromatic rings. The van der Waals surface area contributed by atoms with Crippen molar-refractivity contribution in [1.29, 1.82) is 0 Å². The summed E-state index contributed by atoms with van der Waals surface area (Å²) in [5.74, 6) is 0.837. The maximum Gasteiger partial charge on any atom is 0.221 e. The Morgan fingerprint density at radius 2 is 1.83 bits per heavy atom. The van der Waals surface area contributed by atoms with Crippen LogP contribution in [0.4, 0.5) is 17.5 Å². The molecule has 2 aromatic carbocycles. The van der Waals surface area contributed by atoms with Crippen molar-refractivity contribution in [2.24, 2.45) is 7.05 Å². The fourth-order valence-corrected chi connectivity index (χ4v) is 4.20. The molecular formula is C21H22N6O2S. The Morgan fingerprint density at radius 3 is 2.53 bits per heavy atom. The highest BCUT2D eigenvalue weighted by Gasteiger charge is 2.17. The Kier molecular flexibility index (Phi) is 4.90. The Labute approximate surface area is 174 Å². The summed E-state index contributed by atoms with van der Waals surface area (Å²) in [6.07, 6.45) is 3.47. The summed E-state index contributed by atoms with van der Waals surface area (Å²) in [5, 5.41) is 5.33. The summed E-state index contributed by atoms with van der Waals surface area (Å²) in [5.41, 5.74) is 9.33. The largest absolute Gasteiger partial charge is 0.368 e. The average Bonchev–Trinajstić information content (AvgIpc) is 3.13. The van der Waals surface area contributed by atoms with Crippen LogP contribution >= 0.6 is 0 Å². The fourth-order valence-electron chi connectivity index (χ4n) is 3.32. The van der Waals surface area contributed by atoms with Gasteiger partial charge in [0.05, 0.1) is 22.4 Å². The molecule has 0 bridgehead atoms. The lowest BCUT2D eigenvalue weighted by atomic mass is 10.1. The topological polar surface area (TPSA) is 107 Å². The van der Waals surface area contributed by atoms with Crippen molar-refractivity contribution in [3.8, 4) is 11.1 Å². The predicted octanol–water partition coefficient (Wildman–Crippen LogP) is 3.17. The minimum absolute atomic E-state index is 0.0573. The molecule has 0 aliphatic rings. The van der Waals surface area contributed by atoms with Gasteiger partial charge in [0.1, 0.15) is 5.82 Å². The number of aryl methyl sites for hydroxylation is 1. The predicted molar refractivity (Wildman–Crippen MR) is 118 cm³/mol. The van der Waals surface area contributed by atoms with Gasteiger partial charge in [-0.3, -0.25) is 4.68 Å². The maximum atomic E-state index is 12.1. The first-order chi connectivity index (χ1) is 14.3. The molecule has 0 saturated carbocycles. The monoisotopic (exact) mass is 422 g/mol. The van der Waals surface area contributed by atoms with E-state index >= 15 is 0 Å². The third-order valence-electron chi connectivity index (χ3n) is 5.13. The zero-order valence-electron chi connectivity index (χ0n) is 16.9. The van der Waals surface area contributed by atoms with E-state index in [0.29, 0.717) is 10.7 Å². The Morgan fingerprint density at radius 1 is 1.10 bits per heavy atom. The van der Waals surface area contributed by atoms with Crippen LogP contribution in [0.3, 0.4) is 0 Å².